The van der Waals surface area contributed by atoms with Gasteiger partial charge in [0.1, 0.15) is 5.82 Å². The van der Waals surface area contributed by atoms with Crippen LogP contribution in [0.1, 0.15) is 27.8 Å². The van der Waals surface area contributed by atoms with Crippen LogP contribution in [0.2, 0.25) is 0 Å². The maximum atomic E-state index is 13.0. The van der Waals surface area contributed by atoms with Crippen molar-refractivity contribution in [2.45, 2.75) is 12.5 Å². The Bertz CT molecular complexity index is 1300. The van der Waals surface area contributed by atoms with E-state index in [9.17, 15) is 4.79 Å². The highest BCUT2D eigenvalue weighted by Gasteiger charge is 2.20. The standard InChI is InChI=1S/C26H21N5O/c32-26(20-16-27-24(28-17-20)19-11-5-2-6-12-19)31-23(15-18-9-3-1-4-10-18)25-29-21-13-7-8-14-22(21)30-25/h1-14,16-17,23H,15H2,(H,29,30)(H,31,32)/t23-/m0/s1. The molecule has 0 aliphatic heterocycles. The van der Waals surface area contributed by atoms with E-state index in [4.69, 9.17) is 4.98 Å². The highest BCUT2D eigenvalue weighted by atomic mass is 16.1. The first kappa shape index (κ1) is 19.6. The molecule has 0 saturated heterocycles. The molecule has 3 aromatic carbocycles. The third-order valence-electron chi connectivity index (χ3n) is 5.27. The van der Waals surface area contributed by atoms with Gasteiger partial charge in [-0.2, -0.15) is 0 Å². The number of H-pyrrole nitrogens is 1. The van der Waals surface area contributed by atoms with Gasteiger partial charge in [0, 0.05) is 18.0 Å². The summed E-state index contributed by atoms with van der Waals surface area (Å²) in [5, 5.41) is 3.11. The number of hydrogen-bond acceptors (Lipinski definition) is 4. The minimum absolute atomic E-state index is 0.244. The highest BCUT2D eigenvalue weighted by molar-refractivity contribution is 5.94. The second kappa shape index (κ2) is 8.81. The van der Waals surface area contributed by atoms with Crippen LogP contribution in [0.15, 0.2) is 97.3 Å². The van der Waals surface area contributed by atoms with Gasteiger partial charge >= 0.3 is 0 Å². The average Bonchev–Trinajstić information content (AvgIpc) is 3.29. The van der Waals surface area contributed by atoms with E-state index in [1.165, 1.54) is 0 Å². The van der Waals surface area contributed by atoms with Gasteiger partial charge in [-0.25, -0.2) is 15.0 Å². The third-order valence-corrected chi connectivity index (χ3v) is 5.27. The molecular weight excluding hydrogens is 398 g/mol. The minimum atomic E-state index is -0.328. The summed E-state index contributed by atoms with van der Waals surface area (Å²) in [6.07, 6.45) is 3.72. The molecule has 0 bridgehead atoms. The van der Waals surface area contributed by atoms with E-state index < -0.39 is 0 Å². The molecule has 6 nitrogen and oxygen atoms in total. The number of aromatic amines is 1. The smallest absolute Gasteiger partial charge is 0.255 e. The summed E-state index contributed by atoms with van der Waals surface area (Å²) in [5.74, 6) is 1.05. The lowest BCUT2D eigenvalue weighted by Crippen LogP contribution is -2.31. The van der Waals surface area contributed by atoms with Crippen molar-refractivity contribution in [2.24, 2.45) is 0 Å². The number of aromatic nitrogens is 4. The van der Waals surface area contributed by atoms with Crippen LogP contribution in [-0.4, -0.2) is 25.8 Å². The Labute approximate surface area is 185 Å². The number of carbonyl (C=O) groups is 1. The number of nitrogens with zero attached hydrogens (tertiary/aromatic N) is 3. The van der Waals surface area contributed by atoms with E-state index in [0.717, 1.165) is 22.2 Å². The van der Waals surface area contributed by atoms with E-state index in [1.54, 1.807) is 12.4 Å². The lowest BCUT2D eigenvalue weighted by molar-refractivity contribution is 0.0934. The first-order valence-corrected chi connectivity index (χ1v) is 10.4. The molecule has 0 unspecified atom stereocenters. The Balaban J connectivity index is 1.40. The van der Waals surface area contributed by atoms with Crippen molar-refractivity contribution < 1.29 is 4.79 Å². The van der Waals surface area contributed by atoms with Crippen LogP contribution in [0, 0.1) is 0 Å². The SMILES string of the molecule is O=C(N[C@@H](Cc1ccccc1)c1nc2ccccc2[nH]1)c1cnc(-c2ccccc2)nc1. The monoisotopic (exact) mass is 419 g/mol. The molecule has 1 atom stereocenters. The Morgan fingerprint density at radius 3 is 2.22 bits per heavy atom. The number of imidazole rings is 1. The first-order valence-electron chi connectivity index (χ1n) is 10.4. The van der Waals surface area contributed by atoms with Gasteiger partial charge in [-0.1, -0.05) is 72.8 Å². The van der Waals surface area contributed by atoms with Gasteiger partial charge in [0.2, 0.25) is 0 Å². The predicted molar refractivity (Wildman–Crippen MR) is 124 cm³/mol. The van der Waals surface area contributed by atoms with Crippen molar-refractivity contribution in [1.82, 2.24) is 25.3 Å². The quantitative estimate of drug-likeness (QED) is 0.417. The van der Waals surface area contributed by atoms with Gasteiger partial charge in [-0.3, -0.25) is 4.79 Å². The average molecular weight is 419 g/mol. The van der Waals surface area contributed by atoms with Crippen LogP contribution in [0.5, 0.6) is 0 Å². The fourth-order valence-electron chi connectivity index (χ4n) is 3.63. The highest BCUT2D eigenvalue weighted by Crippen LogP contribution is 2.21. The maximum Gasteiger partial charge on any atom is 0.255 e. The lowest BCUT2D eigenvalue weighted by Gasteiger charge is -2.17. The zero-order valence-electron chi connectivity index (χ0n) is 17.3. The molecule has 1 amide bonds. The number of fused-ring (bicyclic) bond motifs is 1. The maximum absolute atomic E-state index is 13.0. The van der Waals surface area contributed by atoms with Gasteiger partial charge in [-0.05, 0) is 24.1 Å². The molecule has 6 heteroatoms. The summed E-state index contributed by atoms with van der Waals surface area (Å²) >= 11 is 0. The molecule has 0 fully saturated rings. The van der Waals surface area contributed by atoms with Gasteiger partial charge in [-0.15, -0.1) is 0 Å². The molecule has 0 aliphatic rings. The molecule has 0 radical (unpaired) electrons. The van der Waals surface area contributed by atoms with Gasteiger partial charge in [0.25, 0.3) is 5.91 Å². The number of rotatable bonds is 6. The number of carbonyl (C=O) groups excluding carboxylic acids is 1. The number of benzene rings is 3. The van der Waals surface area contributed by atoms with Crippen molar-refractivity contribution in [2.75, 3.05) is 0 Å². The van der Waals surface area contributed by atoms with Crippen LogP contribution in [0.3, 0.4) is 0 Å². The van der Waals surface area contributed by atoms with E-state index >= 15 is 0 Å². The Kier molecular flexibility index (Phi) is 5.41. The topological polar surface area (TPSA) is 83.6 Å². The van der Waals surface area contributed by atoms with E-state index in [0.29, 0.717) is 23.6 Å². The van der Waals surface area contributed by atoms with Gasteiger partial charge in [0.05, 0.1) is 22.6 Å². The summed E-state index contributed by atoms with van der Waals surface area (Å²) < 4.78 is 0. The number of amides is 1. The number of nitrogens with one attached hydrogen (secondary N) is 2. The molecule has 0 aliphatic carbocycles. The molecule has 0 spiro atoms. The minimum Gasteiger partial charge on any atom is -0.342 e. The summed E-state index contributed by atoms with van der Waals surface area (Å²) in [6.45, 7) is 0. The lowest BCUT2D eigenvalue weighted by atomic mass is 10.1. The fraction of sp³-hybridized carbons (Fsp3) is 0.0769. The Morgan fingerprint density at radius 1 is 0.844 bits per heavy atom. The molecule has 5 rings (SSSR count). The largest absolute Gasteiger partial charge is 0.342 e. The Morgan fingerprint density at radius 2 is 1.50 bits per heavy atom. The van der Waals surface area contributed by atoms with Crippen molar-refractivity contribution >= 4 is 16.9 Å². The van der Waals surface area contributed by atoms with Crippen LogP contribution in [-0.2, 0) is 6.42 Å². The van der Waals surface area contributed by atoms with Crippen LogP contribution in [0.4, 0.5) is 0 Å². The summed E-state index contributed by atoms with van der Waals surface area (Å²) in [7, 11) is 0. The molecular formula is C26H21N5O. The second-order valence-corrected chi connectivity index (χ2v) is 7.52. The fourth-order valence-corrected chi connectivity index (χ4v) is 3.63. The number of para-hydroxylation sites is 2. The van der Waals surface area contributed by atoms with E-state index in [-0.39, 0.29) is 11.9 Å². The summed E-state index contributed by atoms with van der Waals surface area (Å²) in [5.41, 5.74) is 4.21. The Hall–Kier alpha value is -4.32. The molecule has 5 aromatic rings. The normalized spacial score (nSPS) is 11.9. The molecule has 156 valence electrons. The van der Waals surface area contributed by atoms with Crippen molar-refractivity contribution in [3.05, 3.63) is 114 Å². The second-order valence-electron chi connectivity index (χ2n) is 7.52. The molecule has 2 aromatic heterocycles. The van der Waals surface area contributed by atoms with E-state index in [2.05, 4.69) is 20.3 Å². The zero-order chi connectivity index (χ0) is 21.8. The van der Waals surface area contributed by atoms with Crippen LogP contribution >= 0.6 is 0 Å². The predicted octanol–water partition coefficient (Wildman–Crippen LogP) is 4.73. The van der Waals surface area contributed by atoms with Crippen LogP contribution < -0.4 is 5.32 Å². The molecule has 2 heterocycles. The first-order chi connectivity index (χ1) is 15.8. The number of hydrogen-bond donors (Lipinski definition) is 2. The van der Waals surface area contributed by atoms with Crippen LogP contribution in [0.25, 0.3) is 22.4 Å². The van der Waals surface area contributed by atoms with Crippen molar-refractivity contribution in [3.63, 3.8) is 0 Å². The molecule has 2 N–H and O–H groups in total. The summed E-state index contributed by atoms with van der Waals surface area (Å²) in [4.78, 5) is 29.9. The van der Waals surface area contributed by atoms with Crippen molar-refractivity contribution in [1.29, 1.82) is 0 Å². The molecule has 0 saturated carbocycles. The van der Waals surface area contributed by atoms with E-state index in [1.807, 2.05) is 84.9 Å². The van der Waals surface area contributed by atoms with Gasteiger partial charge < -0.3 is 10.3 Å². The molecule has 32 heavy (non-hydrogen) atoms. The third kappa shape index (κ3) is 4.25. The van der Waals surface area contributed by atoms with Crippen molar-refractivity contribution in [3.8, 4) is 11.4 Å². The summed E-state index contributed by atoms with van der Waals surface area (Å²) in [6, 6.07) is 27.2. The van der Waals surface area contributed by atoms with Gasteiger partial charge in [0.15, 0.2) is 5.82 Å². The zero-order valence-corrected chi connectivity index (χ0v) is 17.3.